The number of nitrogens with zero attached hydrogens (tertiary/aromatic N) is 1. The van der Waals surface area contributed by atoms with Gasteiger partial charge in [0, 0.05) is 19.5 Å². The highest BCUT2D eigenvalue weighted by Crippen LogP contribution is 2.26. The van der Waals surface area contributed by atoms with Gasteiger partial charge in [0.05, 0.1) is 5.52 Å². The minimum Gasteiger partial charge on any atom is -0.348 e. The maximum atomic E-state index is 14.2. The van der Waals surface area contributed by atoms with Gasteiger partial charge in [-0.3, -0.25) is 4.79 Å². The lowest BCUT2D eigenvalue weighted by molar-refractivity contribution is 0.0823. The molecule has 1 aromatic heterocycles. The Morgan fingerprint density at radius 1 is 1.33 bits per heavy atom. The smallest absolute Gasteiger partial charge is 0.269 e. The molecule has 4 heteroatoms. The number of nitrogens with one attached hydrogen (secondary N) is 1. The number of halogens is 1. The summed E-state index contributed by atoms with van der Waals surface area (Å²) in [5.74, 6) is -0.303. The Morgan fingerprint density at radius 3 is 2.56 bits per heavy atom. The fraction of sp³-hybridized carbons (Fsp3) is 0.357. The summed E-state index contributed by atoms with van der Waals surface area (Å²) < 4.78 is 14.2. The zero-order valence-electron chi connectivity index (χ0n) is 11.0. The van der Waals surface area contributed by atoms with Crippen molar-refractivity contribution < 1.29 is 9.18 Å². The molecule has 18 heavy (non-hydrogen) atoms. The van der Waals surface area contributed by atoms with Crippen LogP contribution in [-0.2, 0) is 0 Å². The first-order chi connectivity index (χ1) is 8.41. The van der Waals surface area contributed by atoms with Gasteiger partial charge >= 0.3 is 0 Å². The number of hydrogen-bond acceptors (Lipinski definition) is 1. The standard InChI is InChI=1S/C14H17FN2O/c1-8(2)10-6-5-9-7-11(14(18)17(3)4)16-13(9)12(10)15/h5-8,16H,1-4H3. The fourth-order valence-electron chi connectivity index (χ4n) is 1.98. The van der Waals surface area contributed by atoms with E-state index in [0.29, 0.717) is 16.8 Å². The number of fused-ring (bicyclic) bond motifs is 1. The van der Waals surface area contributed by atoms with E-state index in [-0.39, 0.29) is 17.6 Å². The summed E-state index contributed by atoms with van der Waals surface area (Å²) in [6, 6.07) is 5.31. The van der Waals surface area contributed by atoms with Crippen LogP contribution in [0.1, 0.15) is 35.8 Å². The van der Waals surface area contributed by atoms with E-state index in [4.69, 9.17) is 0 Å². The molecule has 2 rings (SSSR count). The molecule has 3 nitrogen and oxygen atoms in total. The predicted octanol–water partition coefficient (Wildman–Crippen LogP) is 3.13. The van der Waals surface area contributed by atoms with Crippen LogP contribution in [0.2, 0.25) is 0 Å². The lowest BCUT2D eigenvalue weighted by Gasteiger charge is -2.08. The lowest BCUT2D eigenvalue weighted by atomic mass is 10.0. The Hall–Kier alpha value is -1.84. The molecule has 1 amide bonds. The molecule has 2 aromatic rings. The van der Waals surface area contributed by atoms with E-state index in [1.54, 1.807) is 26.2 Å². The van der Waals surface area contributed by atoms with Crippen LogP contribution < -0.4 is 0 Å². The van der Waals surface area contributed by atoms with Crippen molar-refractivity contribution in [1.82, 2.24) is 9.88 Å². The van der Waals surface area contributed by atoms with Gasteiger partial charge in [-0.25, -0.2) is 4.39 Å². The number of carbonyl (C=O) groups excluding carboxylic acids is 1. The van der Waals surface area contributed by atoms with Gasteiger partial charge in [0.15, 0.2) is 5.82 Å². The summed E-state index contributed by atoms with van der Waals surface area (Å²) in [6.07, 6.45) is 0. The van der Waals surface area contributed by atoms with Crippen molar-refractivity contribution in [2.24, 2.45) is 0 Å². The van der Waals surface area contributed by atoms with Crippen LogP contribution in [0, 0.1) is 5.82 Å². The largest absolute Gasteiger partial charge is 0.348 e. The van der Waals surface area contributed by atoms with E-state index in [1.807, 2.05) is 19.9 Å². The highest BCUT2D eigenvalue weighted by molar-refractivity contribution is 5.98. The van der Waals surface area contributed by atoms with Gasteiger partial charge in [0.2, 0.25) is 0 Å². The molecule has 0 aliphatic rings. The highest BCUT2D eigenvalue weighted by atomic mass is 19.1. The molecule has 0 fully saturated rings. The molecular weight excluding hydrogens is 231 g/mol. The number of hydrogen-bond donors (Lipinski definition) is 1. The topological polar surface area (TPSA) is 36.1 Å². The van der Waals surface area contributed by atoms with E-state index in [0.717, 1.165) is 5.39 Å². The Labute approximate surface area is 106 Å². The first-order valence-electron chi connectivity index (χ1n) is 5.94. The highest BCUT2D eigenvalue weighted by Gasteiger charge is 2.16. The summed E-state index contributed by atoms with van der Waals surface area (Å²) in [5.41, 5.74) is 1.48. The molecule has 0 spiro atoms. The van der Waals surface area contributed by atoms with E-state index in [2.05, 4.69) is 4.98 Å². The number of benzene rings is 1. The molecule has 1 aromatic carbocycles. The molecule has 0 radical (unpaired) electrons. The number of amides is 1. The van der Waals surface area contributed by atoms with Gasteiger partial charge in [-0.1, -0.05) is 26.0 Å². The normalized spacial score (nSPS) is 11.2. The lowest BCUT2D eigenvalue weighted by Crippen LogP contribution is -2.21. The van der Waals surface area contributed by atoms with Gasteiger partial charge in [-0.2, -0.15) is 0 Å². The van der Waals surface area contributed by atoms with Crippen LogP contribution >= 0.6 is 0 Å². The van der Waals surface area contributed by atoms with Gasteiger partial charge in [0.1, 0.15) is 5.69 Å². The molecule has 0 saturated heterocycles. The average Bonchev–Trinajstić information content (AvgIpc) is 2.72. The number of rotatable bonds is 2. The quantitative estimate of drug-likeness (QED) is 0.870. The van der Waals surface area contributed by atoms with Gasteiger partial charge in [-0.15, -0.1) is 0 Å². The molecule has 0 unspecified atom stereocenters. The summed E-state index contributed by atoms with van der Waals surface area (Å²) in [4.78, 5) is 16.2. The zero-order chi connectivity index (χ0) is 13.4. The van der Waals surface area contributed by atoms with Crippen molar-refractivity contribution in [3.8, 4) is 0 Å². The molecule has 0 saturated carbocycles. The van der Waals surface area contributed by atoms with Crippen molar-refractivity contribution in [3.05, 3.63) is 35.3 Å². The van der Waals surface area contributed by atoms with Crippen molar-refractivity contribution in [1.29, 1.82) is 0 Å². The number of aromatic amines is 1. The molecule has 0 atom stereocenters. The van der Waals surface area contributed by atoms with Gasteiger partial charge in [0.25, 0.3) is 5.91 Å². The molecule has 0 aliphatic carbocycles. The van der Waals surface area contributed by atoms with Crippen molar-refractivity contribution in [2.75, 3.05) is 14.1 Å². The van der Waals surface area contributed by atoms with E-state index in [1.165, 1.54) is 4.90 Å². The third-order valence-electron chi connectivity index (χ3n) is 3.02. The molecule has 0 bridgehead atoms. The summed E-state index contributed by atoms with van der Waals surface area (Å²) >= 11 is 0. The van der Waals surface area contributed by atoms with E-state index in [9.17, 15) is 9.18 Å². The Morgan fingerprint density at radius 2 is 2.00 bits per heavy atom. The second-order valence-electron chi connectivity index (χ2n) is 4.97. The summed E-state index contributed by atoms with van der Waals surface area (Å²) in [7, 11) is 3.34. The van der Waals surface area contributed by atoms with E-state index < -0.39 is 0 Å². The van der Waals surface area contributed by atoms with Crippen molar-refractivity contribution in [2.45, 2.75) is 19.8 Å². The molecule has 0 aliphatic heterocycles. The number of carbonyl (C=O) groups is 1. The zero-order valence-corrected chi connectivity index (χ0v) is 11.0. The maximum Gasteiger partial charge on any atom is 0.269 e. The van der Waals surface area contributed by atoms with Crippen LogP contribution in [0.3, 0.4) is 0 Å². The fourth-order valence-corrected chi connectivity index (χ4v) is 1.98. The van der Waals surface area contributed by atoms with E-state index >= 15 is 0 Å². The van der Waals surface area contributed by atoms with Crippen LogP contribution in [0.25, 0.3) is 10.9 Å². The first kappa shape index (κ1) is 12.6. The third kappa shape index (κ3) is 1.98. The second-order valence-corrected chi connectivity index (χ2v) is 4.97. The monoisotopic (exact) mass is 248 g/mol. The Kier molecular flexibility index (Phi) is 3.11. The van der Waals surface area contributed by atoms with Crippen LogP contribution in [0.4, 0.5) is 4.39 Å². The maximum absolute atomic E-state index is 14.2. The summed E-state index contributed by atoms with van der Waals surface area (Å²) in [5, 5.41) is 0.724. The number of H-pyrrole nitrogens is 1. The van der Waals surface area contributed by atoms with Crippen LogP contribution in [-0.4, -0.2) is 29.9 Å². The SMILES string of the molecule is CC(C)c1ccc2cc(C(=O)N(C)C)[nH]c2c1F. The van der Waals surface area contributed by atoms with Gasteiger partial charge < -0.3 is 9.88 Å². The minimum absolute atomic E-state index is 0.116. The molecule has 1 N–H and O–H groups in total. The Balaban J connectivity index is 2.59. The third-order valence-corrected chi connectivity index (χ3v) is 3.02. The van der Waals surface area contributed by atoms with Crippen LogP contribution in [0.5, 0.6) is 0 Å². The minimum atomic E-state index is -0.264. The Bertz CT molecular complexity index is 599. The second kappa shape index (κ2) is 4.44. The predicted molar refractivity (Wildman–Crippen MR) is 70.4 cm³/mol. The summed E-state index contributed by atoms with van der Waals surface area (Å²) in [6.45, 7) is 3.89. The van der Waals surface area contributed by atoms with Gasteiger partial charge in [-0.05, 0) is 17.5 Å². The average molecular weight is 248 g/mol. The molecular formula is C14H17FN2O. The first-order valence-corrected chi connectivity index (χ1v) is 5.94. The number of aromatic nitrogens is 1. The van der Waals surface area contributed by atoms with Crippen molar-refractivity contribution in [3.63, 3.8) is 0 Å². The molecule has 1 heterocycles. The molecule has 96 valence electrons. The van der Waals surface area contributed by atoms with Crippen LogP contribution in [0.15, 0.2) is 18.2 Å². The van der Waals surface area contributed by atoms with Crippen molar-refractivity contribution >= 4 is 16.8 Å².